The van der Waals surface area contributed by atoms with Gasteiger partial charge in [-0.15, -0.1) is 0 Å². The van der Waals surface area contributed by atoms with Crippen LogP contribution in [0.3, 0.4) is 0 Å². The van der Waals surface area contributed by atoms with Gasteiger partial charge in [0.25, 0.3) is 0 Å². The number of aromatic hydroxyl groups is 1. The zero-order valence-electron chi connectivity index (χ0n) is 10.3. The van der Waals surface area contributed by atoms with Crippen molar-refractivity contribution >= 4 is 0 Å². The number of ether oxygens (including phenoxy) is 1. The molecule has 1 aromatic rings. The van der Waals surface area contributed by atoms with Gasteiger partial charge in [-0.3, -0.25) is 0 Å². The van der Waals surface area contributed by atoms with Gasteiger partial charge < -0.3 is 15.2 Å². The normalized spacial score (nSPS) is 12.4. The summed E-state index contributed by atoms with van der Waals surface area (Å²) in [4.78, 5) is 0. The Morgan fingerprint density at radius 2 is 2.19 bits per heavy atom. The third-order valence-electron chi connectivity index (χ3n) is 2.77. The molecule has 1 rings (SSSR count). The van der Waals surface area contributed by atoms with E-state index in [-0.39, 0.29) is 5.75 Å². The average Bonchev–Trinajstić information content (AvgIpc) is 2.30. The van der Waals surface area contributed by atoms with Crippen LogP contribution in [0.2, 0.25) is 0 Å². The first kappa shape index (κ1) is 12.8. The van der Waals surface area contributed by atoms with E-state index in [1.807, 2.05) is 19.2 Å². The number of nitrogens with one attached hydrogen (secondary N) is 1. The summed E-state index contributed by atoms with van der Waals surface area (Å²) in [5, 5.41) is 12.8. The SMILES string of the molecule is CCC(C)c1ccc(OCCNC)c(O)c1. The molecule has 0 saturated heterocycles. The van der Waals surface area contributed by atoms with Crippen LogP contribution in [0, 0.1) is 0 Å². The van der Waals surface area contributed by atoms with Crippen LogP contribution >= 0.6 is 0 Å². The molecular weight excluding hydrogens is 202 g/mol. The minimum atomic E-state index is 0.230. The zero-order valence-corrected chi connectivity index (χ0v) is 10.3. The van der Waals surface area contributed by atoms with Crippen molar-refractivity contribution in [3.8, 4) is 11.5 Å². The first-order valence-electron chi connectivity index (χ1n) is 5.79. The molecule has 0 heterocycles. The van der Waals surface area contributed by atoms with Gasteiger partial charge in [0.05, 0.1) is 0 Å². The Balaban J connectivity index is 2.67. The summed E-state index contributed by atoms with van der Waals surface area (Å²) < 4.78 is 5.43. The molecular formula is C13H21NO2. The quantitative estimate of drug-likeness (QED) is 0.728. The molecule has 1 unspecified atom stereocenters. The molecule has 0 aromatic heterocycles. The molecule has 0 aliphatic carbocycles. The summed E-state index contributed by atoms with van der Waals surface area (Å²) in [7, 11) is 1.87. The second-order valence-electron chi connectivity index (χ2n) is 3.99. The van der Waals surface area contributed by atoms with Crippen molar-refractivity contribution in [2.75, 3.05) is 20.2 Å². The number of hydrogen-bond donors (Lipinski definition) is 2. The van der Waals surface area contributed by atoms with Gasteiger partial charge in [0, 0.05) is 6.54 Å². The van der Waals surface area contributed by atoms with Crippen LogP contribution in [0.5, 0.6) is 11.5 Å². The molecule has 2 N–H and O–H groups in total. The lowest BCUT2D eigenvalue weighted by molar-refractivity contribution is 0.300. The molecule has 0 aliphatic heterocycles. The van der Waals surface area contributed by atoms with E-state index in [1.165, 1.54) is 0 Å². The number of phenolic OH excluding ortho intramolecular Hbond substituents is 1. The van der Waals surface area contributed by atoms with E-state index in [0.717, 1.165) is 18.5 Å². The molecule has 0 amide bonds. The highest BCUT2D eigenvalue weighted by Gasteiger charge is 2.07. The third-order valence-corrected chi connectivity index (χ3v) is 2.77. The number of hydrogen-bond acceptors (Lipinski definition) is 3. The Bertz CT molecular complexity index is 326. The molecule has 3 heteroatoms. The van der Waals surface area contributed by atoms with Crippen molar-refractivity contribution in [1.29, 1.82) is 0 Å². The van der Waals surface area contributed by atoms with Crippen molar-refractivity contribution in [3.63, 3.8) is 0 Å². The highest BCUT2D eigenvalue weighted by Crippen LogP contribution is 2.30. The first-order chi connectivity index (χ1) is 7.69. The van der Waals surface area contributed by atoms with Gasteiger partial charge in [0.2, 0.25) is 0 Å². The Labute approximate surface area is 97.4 Å². The fourth-order valence-electron chi connectivity index (χ4n) is 1.46. The van der Waals surface area contributed by atoms with Gasteiger partial charge >= 0.3 is 0 Å². The molecule has 0 fully saturated rings. The summed E-state index contributed by atoms with van der Waals surface area (Å²) in [6.45, 7) is 5.62. The lowest BCUT2D eigenvalue weighted by Gasteiger charge is -2.12. The summed E-state index contributed by atoms with van der Waals surface area (Å²) in [6, 6.07) is 5.65. The van der Waals surface area contributed by atoms with Crippen LogP contribution in [0.1, 0.15) is 31.7 Å². The molecule has 16 heavy (non-hydrogen) atoms. The van der Waals surface area contributed by atoms with Crippen molar-refractivity contribution in [2.24, 2.45) is 0 Å². The molecule has 0 aliphatic rings. The fraction of sp³-hybridized carbons (Fsp3) is 0.538. The van der Waals surface area contributed by atoms with Crippen LogP contribution in [0.4, 0.5) is 0 Å². The maximum absolute atomic E-state index is 9.79. The average molecular weight is 223 g/mol. The second-order valence-corrected chi connectivity index (χ2v) is 3.99. The number of rotatable bonds is 6. The lowest BCUT2D eigenvalue weighted by Crippen LogP contribution is -2.15. The van der Waals surface area contributed by atoms with E-state index in [4.69, 9.17) is 4.74 Å². The Hall–Kier alpha value is -1.22. The minimum Gasteiger partial charge on any atom is -0.504 e. The van der Waals surface area contributed by atoms with Crippen LogP contribution < -0.4 is 10.1 Å². The summed E-state index contributed by atoms with van der Waals surface area (Å²) >= 11 is 0. The predicted molar refractivity (Wildman–Crippen MR) is 66.2 cm³/mol. The van der Waals surface area contributed by atoms with Crippen LogP contribution in [-0.4, -0.2) is 25.3 Å². The fourth-order valence-corrected chi connectivity index (χ4v) is 1.46. The van der Waals surface area contributed by atoms with Gasteiger partial charge in [-0.2, -0.15) is 0 Å². The molecule has 0 radical (unpaired) electrons. The summed E-state index contributed by atoms with van der Waals surface area (Å²) in [6.07, 6.45) is 1.07. The molecule has 90 valence electrons. The predicted octanol–water partition coefficient (Wildman–Crippen LogP) is 2.50. The molecule has 0 bridgehead atoms. The second kappa shape index (κ2) is 6.38. The van der Waals surface area contributed by atoms with Crippen molar-refractivity contribution in [2.45, 2.75) is 26.2 Å². The Morgan fingerprint density at radius 3 is 2.75 bits per heavy atom. The highest BCUT2D eigenvalue weighted by molar-refractivity contribution is 5.42. The molecule has 0 spiro atoms. The largest absolute Gasteiger partial charge is 0.504 e. The Kier molecular flexibility index (Phi) is 5.12. The van der Waals surface area contributed by atoms with E-state index in [0.29, 0.717) is 18.3 Å². The minimum absolute atomic E-state index is 0.230. The van der Waals surface area contributed by atoms with E-state index in [1.54, 1.807) is 6.07 Å². The molecule has 1 atom stereocenters. The third kappa shape index (κ3) is 3.42. The van der Waals surface area contributed by atoms with E-state index in [2.05, 4.69) is 19.2 Å². The maximum Gasteiger partial charge on any atom is 0.160 e. The molecule has 0 saturated carbocycles. The van der Waals surface area contributed by atoms with E-state index in [9.17, 15) is 5.11 Å². The van der Waals surface area contributed by atoms with E-state index < -0.39 is 0 Å². The monoisotopic (exact) mass is 223 g/mol. The van der Waals surface area contributed by atoms with Crippen LogP contribution in [0.15, 0.2) is 18.2 Å². The lowest BCUT2D eigenvalue weighted by atomic mass is 9.98. The number of likely N-dealkylation sites (N-methyl/N-ethyl adjacent to an activating group) is 1. The number of benzene rings is 1. The van der Waals surface area contributed by atoms with Crippen LogP contribution in [-0.2, 0) is 0 Å². The van der Waals surface area contributed by atoms with Gasteiger partial charge in [-0.25, -0.2) is 0 Å². The summed E-state index contributed by atoms with van der Waals surface area (Å²) in [5.41, 5.74) is 1.15. The van der Waals surface area contributed by atoms with Crippen molar-refractivity contribution in [3.05, 3.63) is 23.8 Å². The smallest absolute Gasteiger partial charge is 0.160 e. The first-order valence-corrected chi connectivity index (χ1v) is 5.79. The van der Waals surface area contributed by atoms with Gasteiger partial charge in [-0.1, -0.05) is 19.9 Å². The van der Waals surface area contributed by atoms with Gasteiger partial charge in [0.15, 0.2) is 11.5 Å². The van der Waals surface area contributed by atoms with Gasteiger partial charge in [-0.05, 0) is 37.1 Å². The standard InChI is InChI=1S/C13H21NO2/c1-4-10(2)11-5-6-13(12(15)9-11)16-8-7-14-3/h5-6,9-10,14-15H,4,7-8H2,1-3H3. The molecule has 3 nitrogen and oxygen atoms in total. The van der Waals surface area contributed by atoms with Crippen LogP contribution in [0.25, 0.3) is 0 Å². The number of phenols is 1. The van der Waals surface area contributed by atoms with E-state index >= 15 is 0 Å². The van der Waals surface area contributed by atoms with Crippen molar-refractivity contribution < 1.29 is 9.84 Å². The molecule has 1 aromatic carbocycles. The zero-order chi connectivity index (χ0) is 12.0. The highest BCUT2D eigenvalue weighted by atomic mass is 16.5. The topological polar surface area (TPSA) is 41.5 Å². The Morgan fingerprint density at radius 1 is 1.44 bits per heavy atom. The van der Waals surface area contributed by atoms with Crippen molar-refractivity contribution in [1.82, 2.24) is 5.32 Å². The van der Waals surface area contributed by atoms with Gasteiger partial charge in [0.1, 0.15) is 6.61 Å². The summed E-state index contributed by atoms with van der Waals surface area (Å²) in [5.74, 6) is 1.26. The maximum atomic E-state index is 9.79.